The summed E-state index contributed by atoms with van der Waals surface area (Å²) in [7, 11) is 1.85. The van der Waals surface area contributed by atoms with Crippen LogP contribution in [-0.2, 0) is 11.3 Å². The summed E-state index contributed by atoms with van der Waals surface area (Å²) >= 11 is 1.71. The Balaban J connectivity index is 1.64. The number of rotatable bonds is 6. The first kappa shape index (κ1) is 14.3. The summed E-state index contributed by atoms with van der Waals surface area (Å²) < 4.78 is 0. The molecule has 21 heavy (non-hydrogen) atoms. The molecule has 0 saturated heterocycles. The molecule has 1 aromatic heterocycles. The van der Waals surface area contributed by atoms with Gasteiger partial charge in [-0.1, -0.05) is 18.2 Å². The maximum atomic E-state index is 12.5. The van der Waals surface area contributed by atoms with Crippen molar-refractivity contribution in [2.75, 3.05) is 18.5 Å². The van der Waals surface area contributed by atoms with E-state index in [1.54, 1.807) is 16.2 Å². The van der Waals surface area contributed by atoms with Crippen molar-refractivity contribution < 1.29 is 4.79 Å². The monoisotopic (exact) mass is 300 g/mol. The zero-order valence-electron chi connectivity index (χ0n) is 12.2. The van der Waals surface area contributed by atoms with Crippen LogP contribution in [0.15, 0.2) is 47.2 Å². The highest BCUT2D eigenvalue weighted by Gasteiger charge is 2.31. The lowest BCUT2D eigenvalue weighted by Crippen LogP contribution is -2.39. The minimum Gasteiger partial charge on any atom is -0.314 e. The zero-order valence-corrected chi connectivity index (χ0v) is 13.1. The Hall–Kier alpha value is -1.65. The summed E-state index contributed by atoms with van der Waals surface area (Å²) in [4.78, 5) is 16.6. The number of carbonyl (C=O) groups excluding carboxylic acids is 1. The van der Waals surface area contributed by atoms with Gasteiger partial charge < -0.3 is 4.90 Å². The molecule has 0 aliphatic heterocycles. The SMILES string of the molecule is CN(C(=O)CN(Cc1ccsc1)C1CC1)c1ccccc1. The molecule has 0 bridgehead atoms. The topological polar surface area (TPSA) is 23.6 Å². The fraction of sp³-hybridized carbons (Fsp3) is 0.353. The molecule has 0 spiro atoms. The Morgan fingerprint density at radius 1 is 1.24 bits per heavy atom. The third-order valence-corrected chi connectivity index (χ3v) is 4.62. The van der Waals surface area contributed by atoms with Gasteiger partial charge in [0, 0.05) is 25.3 Å². The van der Waals surface area contributed by atoms with Crippen molar-refractivity contribution >= 4 is 22.9 Å². The van der Waals surface area contributed by atoms with E-state index in [1.807, 2.05) is 37.4 Å². The van der Waals surface area contributed by atoms with Crippen molar-refractivity contribution in [2.45, 2.75) is 25.4 Å². The van der Waals surface area contributed by atoms with Gasteiger partial charge in [0.25, 0.3) is 0 Å². The van der Waals surface area contributed by atoms with Gasteiger partial charge in [-0.25, -0.2) is 0 Å². The van der Waals surface area contributed by atoms with Crippen LogP contribution in [-0.4, -0.2) is 30.4 Å². The summed E-state index contributed by atoms with van der Waals surface area (Å²) in [5.74, 6) is 0.156. The third kappa shape index (κ3) is 3.71. The molecule has 1 amide bonds. The predicted octanol–water partition coefficient (Wildman–Crippen LogP) is 3.38. The van der Waals surface area contributed by atoms with E-state index >= 15 is 0 Å². The molecular formula is C17H20N2OS. The van der Waals surface area contributed by atoms with Crippen LogP contribution in [0.2, 0.25) is 0 Å². The number of para-hydroxylation sites is 1. The van der Waals surface area contributed by atoms with Crippen molar-refractivity contribution in [3.05, 3.63) is 52.7 Å². The Kier molecular flexibility index (Phi) is 4.36. The molecule has 0 radical (unpaired) electrons. The molecule has 1 aliphatic carbocycles. The highest BCUT2D eigenvalue weighted by molar-refractivity contribution is 7.07. The first-order chi connectivity index (χ1) is 10.2. The second kappa shape index (κ2) is 6.41. The highest BCUT2D eigenvalue weighted by atomic mass is 32.1. The van der Waals surface area contributed by atoms with Gasteiger partial charge in [-0.15, -0.1) is 0 Å². The van der Waals surface area contributed by atoms with E-state index in [0.29, 0.717) is 12.6 Å². The molecule has 1 heterocycles. The van der Waals surface area contributed by atoms with Gasteiger partial charge in [0.2, 0.25) is 5.91 Å². The first-order valence-electron chi connectivity index (χ1n) is 7.31. The fourth-order valence-corrected chi connectivity index (χ4v) is 3.11. The van der Waals surface area contributed by atoms with E-state index in [1.165, 1.54) is 18.4 Å². The van der Waals surface area contributed by atoms with Gasteiger partial charge in [-0.05, 0) is 47.4 Å². The number of nitrogens with zero attached hydrogens (tertiary/aromatic N) is 2. The number of carbonyl (C=O) groups is 1. The van der Waals surface area contributed by atoms with Crippen LogP contribution in [0.1, 0.15) is 18.4 Å². The lowest BCUT2D eigenvalue weighted by molar-refractivity contribution is -0.119. The van der Waals surface area contributed by atoms with Crippen molar-refractivity contribution in [2.24, 2.45) is 0 Å². The summed E-state index contributed by atoms with van der Waals surface area (Å²) in [6.07, 6.45) is 2.43. The number of hydrogen-bond acceptors (Lipinski definition) is 3. The van der Waals surface area contributed by atoms with Crippen LogP contribution in [0.5, 0.6) is 0 Å². The number of thiophene rings is 1. The fourth-order valence-electron chi connectivity index (χ4n) is 2.45. The maximum absolute atomic E-state index is 12.5. The van der Waals surface area contributed by atoms with Gasteiger partial charge in [0.05, 0.1) is 6.54 Å². The average molecular weight is 300 g/mol. The Labute approximate surface area is 129 Å². The van der Waals surface area contributed by atoms with Crippen LogP contribution >= 0.6 is 11.3 Å². The van der Waals surface area contributed by atoms with Crippen molar-refractivity contribution in [3.8, 4) is 0 Å². The molecule has 2 aromatic rings. The first-order valence-corrected chi connectivity index (χ1v) is 8.25. The maximum Gasteiger partial charge on any atom is 0.240 e. The second-order valence-electron chi connectivity index (χ2n) is 5.56. The van der Waals surface area contributed by atoms with Crippen molar-refractivity contribution in [3.63, 3.8) is 0 Å². The third-order valence-electron chi connectivity index (χ3n) is 3.88. The van der Waals surface area contributed by atoms with Crippen LogP contribution in [0, 0.1) is 0 Å². The van der Waals surface area contributed by atoms with Gasteiger partial charge in [-0.3, -0.25) is 9.69 Å². The molecular weight excluding hydrogens is 280 g/mol. The molecule has 1 saturated carbocycles. The van der Waals surface area contributed by atoms with E-state index in [2.05, 4.69) is 21.7 Å². The van der Waals surface area contributed by atoms with E-state index < -0.39 is 0 Å². The normalized spacial score (nSPS) is 14.4. The van der Waals surface area contributed by atoms with Crippen LogP contribution in [0.3, 0.4) is 0 Å². The molecule has 1 fully saturated rings. The summed E-state index contributed by atoms with van der Waals surface area (Å²) in [5.41, 5.74) is 2.26. The Morgan fingerprint density at radius 2 is 2.00 bits per heavy atom. The van der Waals surface area contributed by atoms with E-state index in [-0.39, 0.29) is 5.91 Å². The van der Waals surface area contributed by atoms with E-state index in [9.17, 15) is 4.79 Å². The Morgan fingerprint density at radius 3 is 2.62 bits per heavy atom. The number of anilines is 1. The highest BCUT2D eigenvalue weighted by Crippen LogP contribution is 2.28. The second-order valence-corrected chi connectivity index (χ2v) is 6.34. The Bertz CT molecular complexity index is 578. The standard InChI is InChI=1S/C17H20N2OS/c1-18(15-5-3-2-4-6-15)17(20)12-19(16-7-8-16)11-14-9-10-21-13-14/h2-6,9-10,13,16H,7-8,11-12H2,1H3. The van der Waals surface area contributed by atoms with Crippen LogP contribution < -0.4 is 4.90 Å². The predicted molar refractivity (Wildman–Crippen MR) is 87.6 cm³/mol. The van der Waals surface area contributed by atoms with Crippen molar-refractivity contribution in [1.82, 2.24) is 4.90 Å². The van der Waals surface area contributed by atoms with Gasteiger partial charge >= 0.3 is 0 Å². The molecule has 1 aliphatic rings. The smallest absolute Gasteiger partial charge is 0.240 e. The molecule has 4 heteroatoms. The molecule has 0 atom stereocenters. The number of amides is 1. The number of likely N-dealkylation sites (N-methyl/N-ethyl adjacent to an activating group) is 1. The van der Waals surface area contributed by atoms with Crippen LogP contribution in [0.25, 0.3) is 0 Å². The lowest BCUT2D eigenvalue weighted by atomic mass is 10.2. The van der Waals surface area contributed by atoms with Crippen LogP contribution in [0.4, 0.5) is 5.69 Å². The molecule has 3 rings (SSSR count). The van der Waals surface area contributed by atoms with Gasteiger partial charge in [-0.2, -0.15) is 11.3 Å². The largest absolute Gasteiger partial charge is 0.314 e. The quantitative estimate of drug-likeness (QED) is 0.816. The minimum absolute atomic E-state index is 0.156. The number of benzene rings is 1. The van der Waals surface area contributed by atoms with E-state index in [0.717, 1.165) is 12.2 Å². The van der Waals surface area contributed by atoms with Crippen molar-refractivity contribution in [1.29, 1.82) is 0 Å². The van der Waals surface area contributed by atoms with Gasteiger partial charge in [0.15, 0.2) is 0 Å². The molecule has 0 unspecified atom stereocenters. The molecule has 3 nitrogen and oxygen atoms in total. The molecule has 1 aromatic carbocycles. The van der Waals surface area contributed by atoms with E-state index in [4.69, 9.17) is 0 Å². The van der Waals surface area contributed by atoms with Gasteiger partial charge in [0.1, 0.15) is 0 Å². The molecule has 110 valence electrons. The average Bonchev–Trinajstić information content (AvgIpc) is 3.24. The molecule has 0 N–H and O–H groups in total. The number of hydrogen-bond donors (Lipinski definition) is 0. The summed E-state index contributed by atoms with van der Waals surface area (Å²) in [6.45, 7) is 1.37. The minimum atomic E-state index is 0.156. The summed E-state index contributed by atoms with van der Waals surface area (Å²) in [6, 6.07) is 12.6. The summed E-state index contributed by atoms with van der Waals surface area (Å²) in [5, 5.41) is 4.26. The lowest BCUT2D eigenvalue weighted by Gasteiger charge is -2.24. The zero-order chi connectivity index (χ0) is 14.7.